The number of rotatable bonds is 6. The molecule has 120 valence electrons. The third-order valence-corrected chi connectivity index (χ3v) is 3.17. The average molecular weight is 314 g/mol. The van der Waals surface area contributed by atoms with Crippen molar-refractivity contribution >= 4 is 12.1 Å². The van der Waals surface area contributed by atoms with Gasteiger partial charge in [-0.2, -0.15) is 5.10 Å². The number of para-hydroxylation sites is 1. The maximum Gasteiger partial charge on any atom is 0.244 e. The topological polar surface area (TPSA) is 80.2 Å². The van der Waals surface area contributed by atoms with Crippen LogP contribution in [-0.2, 0) is 11.2 Å². The van der Waals surface area contributed by atoms with Crippen molar-refractivity contribution in [3.63, 3.8) is 0 Å². The molecule has 0 bridgehead atoms. The second-order valence-corrected chi connectivity index (χ2v) is 4.72. The molecule has 0 aliphatic carbocycles. The number of hydrazone groups is 1. The lowest BCUT2D eigenvalue weighted by Gasteiger charge is -2.05. The van der Waals surface area contributed by atoms with E-state index in [-0.39, 0.29) is 18.1 Å². The number of hydrogen-bond acceptors (Lipinski definition) is 5. The molecule has 6 heteroatoms. The van der Waals surface area contributed by atoms with Crippen LogP contribution in [0, 0.1) is 0 Å². The molecule has 0 saturated carbocycles. The molecule has 6 nitrogen and oxygen atoms in total. The summed E-state index contributed by atoms with van der Waals surface area (Å²) in [4.78, 5) is 11.8. The lowest BCUT2D eigenvalue weighted by Crippen LogP contribution is -2.19. The second-order valence-electron chi connectivity index (χ2n) is 4.72. The van der Waals surface area contributed by atoms with Crippen molar-refractivity contribution in [2.75, 3.05) is 14.2 Å². The third kappa shape index (κ3) is 4.47. The summed E-state index contributed by atoms with van der Waals surface area (Å²) in [5, 5.41) is 13.7. The molecular formula is C17H18N2O4. The van der Waals surface area contributed by atoms with Gasteiger partial charge in [0.2, 0.25) is 5.91 Å². The van der Waals surface area contributed by atoms with Crippen molar-refractivity contribution in [2.45, 2.75) is 6.42 Å². The zero-order valence-corrected chi connectivity index (χ0v) is 12.9. The summed E-state index contributed by atoms with van der Waals surface area (Å²) < 4.78 is 10.1. The van der Waals surface area contributed by atoms with Crippen LogP contribution in [0.3, 0.4) is 0 Å². The Kier molecular flexibility index (Phi) is 5.57. The molecule has 0 heterocycles. The molecule has 0 spiro atoms. The van der Waals surface area contributed by atoms with Crippen molar-refractivity contribution in [3.8, 4) is 17.2 Å². The molecule has 2 N–H and O–H groups in total. The molecule has 0 fully saturated rings. The Morgan fingerprint density at radius 3 is 2.57 bits per heavy atom. The van der Waals surface area contributed by atoms with E-state index in [4.69, 9.17) is 9.47 Å². The summed E-state index contributed by atoms with van der Waals surface area (Å²) in [5.74, 6) is 0.802. The smallest absolute Gasteiger partial charge is 0.244 e. The minimum Gasteiger partial charge on any atom is -0.504 e. The number of nitrogens with zero attached hydrogens (tertiary/aromatic N) is 1. The quantitative estimate of drug-likeness (QED) is 0.632. The molecule has 23 heavy (non-hydrogen) atoms. The number of phenolic OH excluding ortho intramolecular Hbond substituents is 1. The van der Waals surface area contributed by atoms with Crippen LogP contribution in [0.15, 0.2) is 47.6 Å². The van der Waals surface area contributed by atoms with Gasteiger partial charge in [-0.15, -0.1) is 0 Å². The van der Waals surface area contributed by atoms with Gasteiger partial charge in [0.15, 0.2) is 11.5 Å². The van der Waals surface area contributed by atoms with Gasteiger partial charge >= 0.3 is 0 Å². The molecule has 0 aliphatic heterocycles. The summed E-state index contributed by atoms with van der Waals surface area (Å²) in [7, 11) is 3.05. The molecular weight excluding hydrogens is 296 g/mol. The zero-order valence-electron chi connectivity index (χ0n) is 12.9. The first kappa shape index (κ1) is 16.4. The number of carbonyl (C=O) groups is 1. The first-order valence-corrected chi connectivity index (χ1v) is 6.95. The molecule has 0 unspecified atom stereocenters. The van der Waals surface area contributed by atoms with E-state index < -0.39 is 0 Å². The second kappa shape index (κ2) is 7.84. The number of hydrogen-bond donors (Lipinski definition) is 2. The molecule has 2 rings (SSSR count). The molecule has 0 atom stereocenters. The van der Waals surface area contributed by atoms with Crippen LogP contribution in [0.5, 0.6) is 17.2 Å². The Morgan fingerprint density at radius 1 is 1.17 bits per heavy atom. The molecule has 2 aromatic carbocycles. The first-order chi connectivity index (χ1) is 11.1. The highest BCUT2D eigenvalue weighted by molar-refractivity contribution is 5.86. The summed E-state index contributed by atoms with van der Waals surface area (Å²) in [6.07, 6.45) is 1.56. The van der Waals surface area contributed by atoms with Crippen LogP contribution in [-0.4, -0.2) is 31.4 Å². The van der Waals surface area contributed by atoms with E-state index in [1.807, 2.05) is 12.1 Å². The lowest BCUT2D eigenvalue weighted by molar-refractivity contribution is -0.120. The Labute approximate surface area is 134 Å². The number of nitrogens with one attached hydrogen (secondary N) is 1. The van der Waals surface area contributed by atoms with Gasteiger partial charge in [0.1, 0.15) is 5.75 Å². The standard InChI is InChI=1S/C17H18N2O4/c1-22-14-8-6-12(7-9-14)10-16(20)19-18-11-13-4-3-5-15(23-2)17(13)21/h3-9,11,21H,10H2,1-2H3,(H,19,20)/b18-11+. The van der Waals surface area contributed by atoms with Crippen LogP contribution in [0.25, 0.3) is 0 Å². The van der Waals surface area contributed by atoms with E-state index in [0.717, 1.165) is 11.3 Å². The van der Waals surface area contributed by atoms with Crippen LogP contribution < -0.4 is 14.9 Å². The highest BCUT2D eigenvalue weighted by atomic mass is 16.5. The average Bonchev–Trinajstić information content (AvgIpc) is 2.57. The van der Waals surface area contributed by atoms with Crippen molar-refractivity contribution in [3.05, 3.63) is 53.6 Å². The summed E-state index contributed by atoms with van der Waals surface area (Å²) in [6, 6.07) is 12.2. The van der Waals surface area contributed by atoms with E-state index in [2.05, 4.69) is 10.5 Å². The summed E-state index contributed by atoms with van der Waals surface area (Å²) >= 11 is 0. The van der Waals surface area contributed by atoms with Crippen molar-refractivity contribution < 1.29 is 19.4 Å². The maximum absolute atomic E-state index is 11.8. The maximum atomic E-state index is 11.8. The van der Waals surface area contributed by atoms with Gasteiger partial charge in [-0.25, -0.2) is 5.43 Å². The van der Waals surface area contributed by atoms with Gasteiger partial charge in [0.05, 0.1) is 26.9 Å². The van der Waals surface area contributed by atoms with Crippen molar-refractivity contribution in [2.24, 2.45) is 5.10 Å². The number of amides is 1. The van der Waals surface area contributed by atoms with E-state index >= 15 is 0 Å². The number of carbonyl (C=O) groups excluding carboxylic acids is 1. The number of methoxy groups -OCH3 is 2. The van der Waals surface area contributed by atoms with Gasteiger partial charge in [0.25, 0.3) is 0 Å². The monoisotopic (exact) mass is 314 g/mol. The van der Waals surface area contributed by atoms with Crippen molar-refractivity contribution in [1.82, 2.24) is 5.43 Å². The van der Waals surface area contributed by atoms with Crippen LogP contribution in [0.1, 0.15) is 11.1 Å². The summed E-state index contributed by atoms with van der Waals surface area (Å²) in [5.41, 5.74) is 3.72. The molecule has 0 saturated heterocycles. The largest absolute Gasteiger partial charge is 0.504 e. The lowest BCUT2D eigenvalue weighted by atomic mass is 10.1. The minimum atomic E-state index is -0.256. The highest BCUT2D eigenvalue weighted by Gasteiger charge is 2.05. The Balaban J connectivity index is 1.93. The third-order valence-electron chi connectivity index (χ3n) is 3.17. The van der Waals surface area contributed by atoms with E-state index in [1.165, 1.54) is 13.3 Å². The first-order valence-electron chi connectivity index (χ1n) is 6.95. The van der Waals surface area contributed by atoms with Gasteiger partial charge < -0.3 is 14.6 Å². The Bertz CT molecular complexity index is 696. The highest BCUT2D eigenvalue weighted by Crippen LogP contribution is 2.27. The minimum absolute atomic E-state index is 0.0249. The zero-order chi connectivity index (χ0) is 16.7. The number of aromatic hydroxyl groups is 1. The van der Waals surface area contributed by atoms with E-state index in [9.17, 15) is 9.90 Å². The van der Waals surface area contributed by atoms with Crippen molar-refractivity contribution in [1.29, 1.82) is 0 Å². The van der Waals surface area contributed by atoms with E-state index in [1.54, 1.807) is 37.4 Å². The Hall–Kier alpha value is -3.02. The van der Waals surface area contributed by atoms with Gasteiger partial charge in [-0.05, 0) is 29.8 Å². The summed E-state index contributed by atoms with van der Waals surface area (Å²) in [6.45, 7) is 0. The Morgan fingerprint density at radius 2 is 1.91 bits per heavy atom. The normalized spacial score (nSPS) is 10.5. The predicted molar refractivity (Wildman–Crippen MR) is 87.1 cm³/mol. The predicted octanol–water partition coefficient (Wildman–Crippen LogP) is 2.10. The van der Waals surface area contributed by atoms with Gasteiger partial charge in [-0.3, -0.25) is 4.79 Å². The molecule has 1 amide bonds. The van der Waals surface area contributed by atoms with Crippen LogP contribution in [0.2, 0.25) is 0 Å². The van der Waals surface area contributed by atoms with Gasteiger partial charge in [-0.1, -0.05) is 18.2 Å². The fourth-order valence-corrected chi connectivity index (χ4v) is 1.95. The van der Waals surface area contributed by atoms with E-state index in [0.29, 0.717) is 11.3 Å². The molecule has 2 aromatic rings. The molecule has 0 aliphatic rings. The number of phenols is 1. The van der Waals surface area contributed by atoms with Crippen LogP contribution >= 0.6 is 0 Å². The van der Waals surface area contributed by atoms with Crippen LogP contribution in [0.4, 0.5) is 0 Å². The number of ether oxygens (including phenoxy) is 2. The molecule has 0 radical (unpaired) electrons. The fraction of sp³-hybridized carbons (Fsp3) is 0.176. The fourth-order valence-electron chi connectivity index (χ4n) is 1.95. The van der Waals surface area contributed by atoms with Gasteiger partial charge in [0, 0.05) is 5.56 Å². The SMILES string of the molecule is COc1ccc(CC(=O)N/N=C/c2cccc(OC)c2O)cc1. The molecule has 0 aromatic heterocycles. The number of benzene rings is 2.